The molecule has 0 aliphatic carbocycles. The minimum Gasteiger partial charge on any atom is -0.493 e. The quantitative estimate of drug-likeness (QED) is 0.275. The second-order valence-corrected chi connectivity index (χ2v) is 7.33. The molecule has 1 aromatic heterocycles. The van der Waals surface area contributed by atoms with Gasteiger partial charge in [0.2, 0.25) is 5.13 Å². The number of thioether (sulfide) groups is 1. The van der Waals surface area contributed by atoms with Crippen molar-refractivity contribution < 1.29 is 14.3 Å². The Morgan fingerprint density at radius 2 is 2.27 bits per heavy atom. The second kappa shape index (κ2) is 10.6. The van der Waals surface area contributed by atoms with Crippen LogP contribution in [0.25, 0.3) is 0 Å². The fourth-order valence-corrected chi connectivity index (χ4v) is 3.26. The van der Waals surface area contributed by atoms with Gasteiger partial charge in [0.15, 0.2) is 15.8 Å². The number of nitrogens with one attached hydrogen (secondary N) is 1. The van der Waals surface area contributed by atoms with Crippen LogP contribution in [-0.4, -0.2) is 41.8 Å². The SMILES string of the molecule is CCCCOc1ccc(C=NNC(=O)CSc2nnc(N)s2)cc1OC. The number of carbonyl (C=O) groups excluding carboxylic acids is 1. The number of nitrogens with two attached hydrogens (primary N) is 1. The minimum absolute atomic E-state index is 0.180. The van der Waals surface area contributed by atoms with Crippen LogP contribution >= 0.6 is 23.1 Å². The van der Waals surface area contributed by atoms with E-state index in [2.05, 4.69) is 27.6 Å². The highest BCUT2D eigenvalue weighted by Gasteiger charge is 2.07. The lowest BCUT2D eigenvalue weighted by atomic mass is 10.2. The Bertz CT molecular complexity index is 751. The zero-order valence-electron chi connectivity index (χ0n) is 14.6. The number of nitrogen functional groups attached to an aromatic ring is 1. The molecule has 1 amide bonds. The molecule has 10 heteroatoms. The predicted octanol–water partition coefficient (Wildman–Crippen LogP) is 2.55. The van der Waals surface area contributed by atoms with Gasteiger partial charge in [0.25, 0.3) is 5.91 Å². The van der Waals surface area contributed by atoms with Crippen LogP contribution in [0.3, 0.4) is 0 Å². The van der Waals surface area contributed by atoms with Crippen molar-refractivity contribution in [1.29, 1.82) is 0 Å². The van der Waals surface area contributed by atoms with Gasteiger partial charge in [-0.15, -0.1) is 10.2 Å². The number of methoxy groups -OCH3 is 1. The van der Waals surface area contributed by atoms with Gasteiger partial charge in [-0.3, -0.25) is 4.79 Å². The molecule has 3 N–H and O–H groups in total. The van der Waals surface area contributed by atoms with Crippen LogP contribution in [-0.2, 0) is 4.79 Å². The Labute approximate surface area is 160 Å². The maximum atomic E-state index is 11.8. The normalized spacial score (nSPS) is 10.8. The minimum atomic E-state index is -0.244. The number of benzene rings is 1. The summed E-state index contributed by atoms with van der Waals surface area (Å²) in [6.07, 6.45) is 3.60. The highest BCUT2D eigenvalue weighted by molar-refractivity contribution is 8.01. The molecular weight excluding hydrogens is 374 g/mol. The first-order valence-corrected chi connectivity index (χ1v) is 9.77. The van der Waals surface area contributed by atoms with Crippen LogP contribution in [0.1, 0.15) is 25.3 Å². The molecule has 1 aromatic carbocycles. The Morgan fingerprint density at radius 3 is 2.96 bits per heavy atom. The number of hydrazone groups is 1. The van der Waals surface area contributed by atoms with Crippen molar-refractivity contribution in [1.82, 2.24) is 15.6 Å². The number of rotatable bonds is 10. The van der Waals surface area contributed by atoms with Crippen molar-refractivity contribution in [3.63, 3.8) is 0 Å². The number of amides is 1. The van der Waals surface area contributed by atoms with E-state index < -0.39 is 0 Å². The summed E-state index contributed by atoms with van der Waals surface area (Å²) >= 11 is 2.49. The standard InChI is InChI=1S/C16H21N5O3S2/c1-3-4-7-24-12-6-5-11(8-13(12)23-2)9-18-19-14(22)10-25-16-21-20-15(17)26-16/h5-6,8-9H,3-4,7,10H2,1-2H3,(H2,17,20)(H,19,22). The first-order chi connectivity index (χ1) is 12.6. The molecule has 0 aliphatic rings. The summed E-state index contributed by atoms with van der Waals surface area (Å²) in [7, 11) is 1.59. The van der Waals surface area contributed by atoms with E-state index in [4.69, 9.17) is 15.2 Å². The van der Waals surface area contributed by atoms with E-state index >= 15 is 0 Å². The van der Waals surface area contributed by atoms with E-state index in [1.165, 1.54) is 23.1 Å². The third-order valence-corrected chi connectivity index (χ3v) is 4.98. The number of anilines is 1. The summed E-state index contributed by atoms with van der Waals surface area (Å²) in [5, 5.41) is 11.8. The molecule has 0 unspecified atom stereocenters. The molecule has 0 spiro atoms. The molecule has 26 heavy (non-hydrogen) atoms. The van der Waals surface area contributed by atoms with E-state index in [9.17, 15) is 4.79 Å². The van der Waals surface area contributed by atoms with Crippen LogP contribution in [0.2, 0.25) is 0 Å². The average molecular weight is 396 g/mol. The molecular formula is C16H21N5O3S2. The van der Waals surface area contributed by atoms with E-state index in [0.29, 0.717) is 27.6 Å². The number of unbranched alkanes of at least 4 members (excludes halogenated alkanes) is 1. The average Bonchev–Trinajstić information content (AvgIpc) is 3.06. The van der Waals surface area contributed by atoms with Gasteiger partial charge in [0.1, 0.15) is 0 Å². The van der Waals surface area contributed by atoms with E-state index in [0.717, 1.165) is 18.4 Å². The van der Waals surface area contributed by atoms with Crippen molar-refractivity contribution in [3.8, 4) is 11.5 Å². The maximum absolute atomic E-state index is 11.8. The van der Waals surface area contributed by atoms with Crippen LogP contribution < -0.4 is 20.6 Å². The molecule has 0 aliphatic heterocycles. The molecule has 8 nitrogen and oxygen atoms in total. The second-order valence-electron chi connectivity index (χ2n) is 5.10. The van der Waals surface area contributed by atoms with E-state index in [1.807, 2.05) is 12.1 Å². The summed E-state index contributed by atoms with van der Waals surface area (Å²) in [6, 6.07) is 5.47. The lowest BCUT2D eigenvalue weighted by Crippen LogP contribution is -2.19. The Kier molecular flexibility index (Phi) is 8.16. The number of hydrogen-bond acceptors (Lipinski definition) is 9. The zero-order valence-corrected chi connectivity index (χ0v) is 16.2. The first-order valence-electron chi connectivity index (χ1n) is 7.97. The monoisotopic (exact) mass is 395 g/mol. The molecule has 0 bridgehead atoms. The van der Waals surface area contributed by atoms with Crippen LogP contribution in [0.4, 0.5) is 5.13 Å². The van der Waals surface area contributed by atoms with Crippen molar-refractivity contribution in [2.45, 2.75) is 24.1 Å². The van der Waals surface area contributed by atoms with E-state index in [1.54, 1.807) is 19.4 Å². The van der Waals surface area contributed by atoms with E-state index in [-0.39, 0.29) is 11.7 Å². The molecule has 0 atom stereocenters. The molecule has 0 fully saturated rings. The maximum Gasteiger partial charge on any atom is 0.250 e. The topological polar surface area (TPSA) is 112 Å². The Balaban J connectivity index is 1.83. The predicted molar refractivity (Wildman–Crippen MR) is 104 cm³/mol. The van der Waals surface area contributed by atoms with Crippen molar-refractivity contribution in [2.24, 2.45) is 5.10 Å². The summed E-state index contributed by atoms with van der Waals surface area (Å²) in [4.78, 5) is 11.8. The number of aromatic nitrogens is 2. The highest BCUT2D eigenvalue weighted by atomic mass is 32.2. The molecule has 1 heterocycles. The Morgan fingerprint density at radius 1 is 1.42 bits per heavy atom. The zero-order chi connectivity index (χ0) is 18.8. The van der Waals surface area contributed by atoms with Gasteiger partial charge in [-0.1, -0.05) is 36.4 Å². The van der Waals surface area contributed by atoms with Gasteiger partial charge >= 0.3 is 0 Å². The molecule has 0 saturated heterocycles. The lowest BCUT2D eigenvalue weighted by Gasteiger charge is -2.10. The smallest absolute Gasteiger partial charge is 0.250 e. The summed E-state index contributed by atoms with van der Waals surface area (Å²) in [5.74, 6) is 1.25. The summed E-state index contributed by atoms with van der Waals surface area (Å²) < 4.78 is 11.7. The number of hydrogen-bond donors (Lipinski definition) is 2. The third-order valence-electron chi connectivity index (χ3n) is 3.09. The number of nitrogens with zero attached hydrogens (tertiary/aromatic N) is 3. The molecule has 140 valence electrons. The molecule has 2 aromatic rings. The summed E-state index contributed by atoms with van der Waals surface area (Å²) in [6.45, 7) is 2.75. The van der Waals surface area contributed by atoms with Crippen LogP contribution in [0.5, 0.6) is 11.5 Å². The number of carbonyl (C=O) groups is 1. The lowest BCUT2D eigenvalue weighted by molar-refractivity contribution is -0.118. The van der Waals surface area contributed by atoms with Crippen molar-refractivity contribution in [3.05, 3.63) is 23.8 Å². The third kappa shape index (κ3) is 6.52. The van der Waals surface area contributed by atoms with Gasteiger partial charge in [-0.25, -0.2) is 5.43 Å². The first kappa shape index (κ1) is 20.0. The largest absolute Gasteiger partial charge is 0.493 e. The van der Waals surface area contributed by atoms with Gasteiger partial charge < -0.3 is 15.2 Å². The molecule has 0 radical (unpaired) electrons. The fraction of sp³-hybridized carbons (Fsp3) is 0.375. The van der Waals surface area contributed by atoms with Gasteiger partial charge in [-0.2, -0.15) is 5.10 Å². The summed E-state index contributed by atoms with van der Waals surface area (Å²) in [5.41, 5.74) is 8.74. The number of ether oxygens (including phenoxy) is 2. The fourth-order valence-electron chi connectivity index (χ4n) is 1.83. The van der Waals surface area contributed by atoms with Crippen molar-refractivity contribution >= 4 is 40.4 Å². The molecule has 0 saturated carbocycles. The van der Waals surface area contributed by atoms with Gasteiger partial charge in [0, 0.05) is 0 Å². The van der Waals surface area contributed by atoms with Gasteiger partial charge in [-0.05, 0) is 30.2 Å². The highest BCUT2D eigenvalue weighted by Crippen LogP contribution is 2.27. The Hall–Kier alpha value is -2.33. The van der Waals surface area contributed by atoms with Crippen LogP contribution in [0, 0.1) is 0 Å². The van der Waals surface area contributed by atoms with Gasteiger partial charge in [0.05, 0.1) is 25.7 Å². The van der Waals surface area contributed by atoms with Crippen LogP contribution in [0.15, 0.2) is 27.6 Å². The molecule has 2 rings (SSSR count). The van der Waals surface area contributed by atoms with Crippen molar-refractivity contribution in [2.75, 3.05) is 25.2 Å².